The number of aromatic nitrogens is 3. The standard InChI is InChI=1S/C26H25N5O5S/c1-4-7-37-17-9-15(25(33)34)8-16(11-17)30-22-18-6-5-14(10-21(18)28-13-20(22)23(27)32)19-12-29-26(36-3)31-24(19)35-2/h5-6,8-13H,4,7H2,1-3H3,(H2,27,32)(H,28,30)(H,33,34). The van der Waals surface area contributed by atoms with Crippen LogP contribution in [0.5, 0.6) is 11.9 Å². The number of rotatable bonds is 10. The van der Waals surface area contributed by atoms with E-state index in [2.05, 4.69) is 27.2 Å². The molecule has 0 unspecified atom stereocenters. The maximum absolute atomic E-state index is 12.3. The molecule has 4 aromatic rings. The number of ether oxygens (including phenoxy) is 2. The van der Waals surface area contributed by atoms with E-state index in [-0.39, 0.29) is 17.1 Å². The minimum Gasteiger partial charge on any atom is -0.480 e. The van der Waals surface area contributed by atoms with Gasteiger partial charge in [0.2, 0.25) is 5.88 Å². The number of thioether (sulfide) groups is 1. The molecule has 37 heavy (non-hydrogen) atoms. The molecule has 4 rings (SSSR count). The minimum absolute atomic E-state index is 0.136. The Labute approximate surface area is 217 Å². The van der Waals surface area contributed by atoms with Crippen LogP contribution in [-0.2, 0) is 0 Å². The molecule has 2 aromatic heterocycles. The van der Waals surface area contributed by atoms with Gasteiger partial charge in [-0.1, -0.05) is 19.1 Å². The SMILES string of the molecule is CCCSc1cc(Nc2c(C(N)=O)cnc3cc(-c4cnc(OC)nc4OC)ccc23)cc(C(=O)O)c1. The minimum atomic E-state index is -1.04. The monoisotopic (exact) mass is 519 g/mol. The Kier molecular flexibility index (Phi) is 7.73. The number of anilines is 2. The number of pyridine rings is 1. The third kappa shape index (κ3) is 5.56. The summed E-state index contributed by atoms with van der Waals surface area (Å²) in [4.78, 5) is 37.6. The average molecular weight is 520 g/mol. The molecule has 190 valence electrons. The Balaban J connectivity index is 1.82. The molecule has 4 N–H and O–H groups in total. The second-order valence-corrected chi connectivity index (χ2v) is 9.12. The molecule has 11 heteroatoms. The molecule has 0 bridgehead atoms. The highest BCUT2D eigenvalue weighted by Gasteiger charge is 2.17. The van der Waals surface area contributed by atoms with Crippen molar-refractivity contribution in [2.45, 2.75) is 18.2 Å². The first-order valence-corrected chi connectivity index (χ1v) is 12.3. The second kappa shape index (κ2) is 11.1. The van der Waals surface area contributed by atoms with Gasteiger partial charge in [-0.2, -0.15) is 4.98 Å². The predicted molar refractivity (Wildman–Crippen MR) is 142 cm³/mol. The number of carboxylic acid groups (broad SMARTS) is 1. The Bertz CT molecular complexity index is 1490. The maximum Gasteiger partial charge on any atom is 0.335 e. The first-order valence-electron chi connectivity index (χ1n) is 11.3. The second-order valence-electron chi connectivity index (χ2n) is 7.95. The third-order valence-corrected chi connectivity index (χ3v) is 6.63. The van der Waals surface area contributed by atoms with E-state index in [1.165, 1.54) is 26.5 Å². The third-order valence-electron chi connectivity index (χ3n) is 5.45. The number of hydrogen-bond acceptors (Lipinski definition) is 9. The normalized spacial score (nSPS) is 10.8. The fourth-order valence-corrected chi connectivity index (χ4v) is 4.59. The van der Waals surface area contributed by atoms with Crippen molar-refractivity contribution in [3.8, 4) is 23.0 Å². The highest BCUT2D eigenvalue weighted by molar-refractivity contribution is 7.99. The highest BCUT2D eigenvalue weighted by atomic mass is 32.2. The van der Waals surface area contributed by atoms with Gasteiger partial charge in [-0.25, -0.2) is 9.78 Å². The van der Waals surface area contributed by atoms with Crippen molar-refractivity contribution in [2.75, 3.05) is 25.3 Å². The number of hydrogen-bond donors (Lipinski definition) is 3. The van der Waals surface area contributed by atoms with Crippen LogP contribution < -0.4 is 20.5 Å². The molecule has 0 aliphatic heterocycles. The Morgan fingerprint density at radius 3 is 2.57 bits per heavy atom. The number of aromatic carboxylic acids is 1. The summed E-state index contributed by atoms with van der Waals surface area (Å²) in [5.74, 6) is -0.534. The van der Waals surface area contributed by atoms with E-state index in [0.29, 0.717) is 33.7 Å². The number of nitrogens with one attached hydrogen (secondary N) is 1. The summed E-state index contributed by atoms with van der Waals surface area (Å²) in [6, 6.07) is 10.6. The van der Waals surface area contributed by atoms with Gasteiger partial charge in [-0.15, -0.1) is 11.8 Å². The molecule has 0 spiro atoms. The van der Waals surface area contributed by atoms with Gasteiger partial charge in [-0.05, 0) is 42.0 Å². The van der Waals surface area contributed by atoms with Crippen LogP contribution in [0.25, 0.3) is 22.0 Å². The fourth-order valence-electron chi connectivity index (χ4n) is 3.73. The number of carbonyl (C=O) groups excluding carboxylic acids is 1. The van der Waals surface area contributed by atoms with Gasteiger partial charge >= 0.3 is 12.0 Å². The number of fused-ring (bicyclic) bond motifs is 1. The largest absolute Gasteiger partial charge is 0.480 e. The Morgan fingerprint density at radius 2 is 1.89 bits per heavy atom. The van der Waals surface area contributed by atoms with Crippen LogP contribution in [-0.4, -0.2) is 51.9 Å². The molecule has 0 fully saturated rings. The van der Waals surface area contributed by atoms with E-state index in [4.69, 9.17) is 15.2 Å². The summed E-state index contributed by atoms with van der Waals surface area (Å²) in [6.07, 6.45) is 3.93. The van der Waals surface area contributed by atoms with Crippen LogP contribution >= 0.6 is 11.8 Å². The number of nitrogens with two attached hydrogens (primary N) is 1. The van der Waals surface area contributed by atoms with E-state index in [1.807, 2.05) is 18.2 Å². The number of amides is 1. The predicted octanol–water partition coefficient (Wildman–Crippen LogP) is 4.75. The summed E-state index contributed by atoms with van der Waals surface area (Å²) >= 11 is 1.56. The quantitative estimate of drug-likeness (QED) is 0.250. The van der Waals surface area contributed by atoms with Gasteiger partial charge in [0.1, 0.15) is 0 Å². The zero-order chi connectivity index (χ0) is 26.5. The van der Waals surface area contributed by atoms with Crippen molar-refractivity contribution in [1.29, 1.82) is 0 Å². The molecule has 0 saturated carbocycles. The molecule has 0 radical (unpaired) electrons. The maximum atomic E-state index is 12.3. The molecule has 2 aromatic carbocycles. The van der Waals surface area contributed by atoms with Crippen LogP contribution in [0.2, 0.25) is 0 Å². The van der Waals surface area contributed by atoms with Crippen LogP contribution in [0.4, 0.5) is 11.4 Å². The smallest absolute Gasteiger partial charge is 0.335 e. The van der Waals surface area contributed by atoms with Gasteiger partial charge < -0.3 is 25.6 Å². The van der Waals surface area contributed by atoms with E-state index >= 15 is 0 Å². The first kappa shape index (κ1) is 25.7. The highest BCUT2D eigenvalue weighted by Crippen LogP contribution is 2.35. The molecule has 0 aliphatic rings. The van der Waals surface area contributed by atoms with Crippen molar-refractivity contribution in [2.24, 2.45) is 5.73 Å². The number of primary amides is 1. The van der Waals surface area contributed by atoms with Crippen molar-refractivity contribution >= 4 is 45.9 Å². The topological polar surface area (TPSA) is 150 Å². The molecule has 10 nitrogen and oxygen atoms in total. The fraction of sp³-hybridized carbons (Fsp3) is 0.192. The molecule has 1 amide bonds. The van der Waals surface area contributed by atoms with Crippen LogP contribution in [0.1, 0.15) is 34.1 Å². The van der Waals surface area contributed by atoms with Gasteiger partial charge in [0.05, 0.1) is 42.1 Å². The number of benzene rings is 2. The number of carbonyl (C=O) groups is 2. The number of methoxy groups -OCH3 is 2. The number of nitrogens with zero attached hydrogens (tertiary/aromatic N) is 3. The van der Waals surface area contributed by atoms with E-state index < -0.39 is 11.9 Å². The van der Waals surface area contributed by atoms with Crippen molar-refractivity contribution < 1.29 is 24.2 Å². The summed E-state index contributed by atoms with van der Waals surface area (Å²) in [5.41, 5.74) is 8.85. The molecular weight excluding hydrogens is 494 g/mol. The lowest BCUT2D eigenvalue weighted by Gasteiger charge is -2.16. The van der Waals surface area contributed by atoms with E-state index in [0.717, 1.165) is 22.6 Å². The van der Waals surface area contributed by atoms with Crippen molar-refractivity contribution in [3.05, 3.63) is 59.9 Å². The first-order chi connectivity index (χ1) is 17.8. The number of carboxylic acids is 1. The van der Waals surface area contributed by atoms with Crippen LogP contribution in [0.3, 0.4) is 0 Å². The molecule has 0 atom stereocenters. The van der Waals surface area contributed by atoms with Crippen molar-refractivity contribution in [1.82, 2.24) is 15.0 Å². The summed E-state index contributed by atoms with van der Waals surface area (Å²) in [5, 5.41) is 13.4. The van der Waals surface area contributed by atoms with Gasteiger partial charge in [-0.3, -0.25) is 9.78 Å². The van der Waals surface area contributed by atoms with Crippen LogP contribution in [0, 0.1) is 0 Å². The van der Waals surface area contributed by atoms with Gasteiger partial charge in [0.25, 0.3) is 5.91 Å². The Morgan fingerprint density at radius 1 is 1.08 bits per heavy atom. The zero-order valence-electron chi connectivity index (χ0n) is 20.4. The van der Waals surface area contributed by atoms with E-state index in [1.54, 1.807) is 30.1 Å². The lowest BCUT2D eigenvalue weighted by Crippen LogP contribution is -2.14. The Hall–Kier alpha value is -4.38. The molecule has 0 saturated heterocycles. The lowest BCUT2D eigenvalue weighted by atomic mass is 10.0. The molecule has 2 heterocycles. The zero-order valence-corrected chi connectivity index (χ0v) is 21.3. The summed E-state index contributed by atoms with van der Waals surface area (Å²) in [6.45, 7) is 2.05. The summed E-state index contributed by atoms with van der Waals surface area (Å²) in [7, 11) is 2.97. The average Bonchev–Trinajstić information content (AvgIpc) is 2.91. The van der Waals surface area contributed by atoms with Crippen LogP contribution in [0.15, 0.2) is 53.7 Å². The van der Waals surface area contributed by atoms with E-state index in [9.17, 15) is 14.7 Å². The summed E-state index contributed by atoms with van der Waals surface area (Å²) < 4.78 is 10.5. The lowest BCUT2D eigenvalue weighted by molar-refractivity contribution is 0.0696. The van der Waals surface area contributed by atoms with Gasteiger partial charge in [0, 0.05) is 28.4 Å². The molecule has 0 aliphatic carbocycles. The van der Waals surface area contributed by atoms with Crippen molar-refractivity contribution in [3.63, 3.8) is 0 Å². The molecular formula is C26H25N5O5S. The van der Waals surface area contributed by atoms with Gasteiger partial charge in [0.15, 0.2) is 0 Å².